The first-order valence-corrected chi connectivity index (χ1v) is 5.96. The van der Waals surface area contributed by atoms with Crippen LogP contribution in [-0.2, 0) is 0 Å². The second kappa shape index (κ2) is 7.17. The number of benzene rings is 1. The Hall–Kier alpha value is -2.22. The maximum absolute atomic E-state index is 11.6. The summed E-state index contributed by atoms with van der Waals surface area (Å²) in [5.41, 5.74) is 0.381. The third kappa shape index (κ3) is 3.98. The van der Waals surface area contributed by atoms with Gasteiger partial charge in [0.25, 0.3) is 0 Å². The minimum atomic E-state index is -0.413. The van der Waals surface area contributed by atoms with Crippen LogP contribution in [0.1, 0.15) is 31.7 Å². The summed E-state index contributed by atoms with van der Waals surface area (Å²) in [7, 11) is 0. The smallest absolute Gasteiger partial charge is 0.319 e. The van der Waals surface area contributed by atoms with E-state index < -0.39 is 6.03 Å². The van der Waals surface area contributed by atoms with Crippen molar-refractivity contribution in [3.05, 3.63) is 23.8 Å². The molecule has 0 aliphatic rings. The fraction of sp³-hybridized carbons (Fsp3) is 0.385. The molecule has 1 rings (SSSR count). The maximum Gasteiger partial charge on any atom is 0.319 e. The number of unbranched alkanes of at least 4 members (excludes halogenated alkanes) is 2. The number of nitrogens with zero attached hydrogens (tertiary/aromatic N) is 1. The van der Waals surface area contributed by atoms with E-state index in [1.165, 1.54) is 12.1 Å². The van der Waals surface area contributed by atoms with Crippen LogP contribution < -0.4 is 10.6 Å². The molecule has 3 N–H and O–H groups in total. The molecule has 0 aliphatic carbocycles. The number of amides is 2. The van der Waals surface area contributed by atoms with Gasteiger partial charge in [0.2, 0.25) is 0 Å². The lowest BCUT2D eigenvalue weighted by Gasteiger charge is -2.10. The van der Waals surface area contributed by atoms with E-state index in [0.717, 1.165) is 19.3 Å². The molecule has 0 aliphatic heterocycles. The summed E-state index contributed by atoms with van der Waals surface area (Å²) in [6.07, 6.45) is 3.05. The summed E-state index contributed by atoms with van der Waals surface area (Å²) in [6.45, 7) is 2.66. The number of hydrogen-bond donors (Lipinski definition) is 3. The van der Waals surface area contributed by atoms with Crippen LogP contribution in [0.2, 0.25) is 0 Å². The van der Waals surface area contributed by atoms with Gasteiger partial charge in [0, 0.05) is 6.54 Å². The molecule has 0 saturated heterocycles. The van der Waals surface area contributed by atoms with Crippen LogP contribution in [0.4, 0.5) is 10.5 Å². The SMILES string of the molecule is CCCCCNC(=O)Nc1c(O)cccc1C#N. The topological polar surface area (TPSA) is 85.2 Å². The first kappa shape index (κ1) is 13.8. The number of carbonyl (C=O) groups excluding carboxylic acids is 1. The Labute approximate surface area is 106 Å². The van der Waals surface area contributed by atoms with Gasteiger partial charge in [-0.05, 0) is 18.6 Å². The van der Waals surface area contributed by atoms with E-state index in [-0.39, 0.29) is 17.0 Å². The van der Waals surface area contributed by atoms with Gasteiger partial charge in [-0.3, -0.25) is 0 Å². The highest BCUT2D eigenvalue weighted by molar-refractivity contribution is 5.92. The molecular formula is C13H17N3O2. The molecule has 0 unspecified atom stereocenters. The van der Waals surface area contributed by atoms with Crippen molar-refractivity contribution in [2.45, 2.75) is 26.2 Å². The zero-order valence-electron chi connectivity index (χ0n) is 10.4. The van der Waals surface area contributed by atoms with Gasteiger partial charge in [0.1, 0.15) is 17.5 Å². The third-order valence-corrected chi connectivity index (χ3v) is 2.47. The van der Waals surface area contributed by atoms with E-state index in [0.29, 0.717) is 6.54 Å². The van der Waals surface area contributed by atoms with E-state index in [2.05, 4.69) is 17.6 Å². The van der Waals surface area contributed by atoms with E-state index in [1.807, 2.05) is 6.07 Å². The third-order valence-electron chi connectivity index (χ3n) is 2.47. The molecule has 96 valence electrons. The summed E-state index contributed by atoms with van der Waals surface area (Å²) < 4.78 is 0. The van der Waals surface area contributed by atoms with Crippen molar-refractivity contribution in [3.63, 3.8) is 0 Å². The standard InChI is InChI=1S/C13H17N3O2/c1-2-3-4-8-15-13(18)16-12-10(9-14)6-5-7-11(12)17/h5-7,17H,2-4,8H2,1H3,(H2,15,16,18). The summed E-state index contributed by atoms with van der Waals surface area (Å²) in [4.78, 5) is 11.6. The first-order valence-electron chi connectivity index (χ1n) is 5.96. The molecule has 2 amide bonds. The van der Waals surface area contributed by atoms with Gasteiger partial charge in [-0.1, -0.05) is 25.8 Å². The zero-order chi connectivity index (χ0) is 13.4. The van der Waals surface area contributed by atoms with Crippen molar-refractivity contribution in [1.29, 1.82) is 5.26 Å². The van der Waals surface area contributed by atoms with Crippen LogP contribution in [-0.4, -0.2) is 17.7 Å². The molecule has 0 radical (unpaired) electrons. The molecule has 0 bridgehead atoms. The molecule has 18 heavy (non-hydrogen) atoms. The van der Waals surface area contributed by atoms with Crippen LogP contribution >= 0.6 is 0 Å². The number of rotatable bonds is 5. The van der Waals surface area contributed by atoms with Crippen LogP contribution in [0.25, 0.3) is 0 Å². The van der Waals surface area contributed by atoms with Crippen molar-refractivity contribution >= 4 is 11.7 Å². The summed E-state index contributed by atoms with van der Waals surface area (Å²) in [5.74, 6) is -0.113. The fourth-order valence-corrected chi connectivity index (χ4v) is 1.50. The molecule has 0 fully saturated rings. The van der Waals surface area contributed by atoms with Crippen LogP contribution in [0.5, 0.6) is 5.75 Å². The summed E-state index contributed by atoms with van der Waals surface area (Å²) in [5, 5.41) is 23.6. The van der Waals surface area contributed by atoms with Crippen molar-refractivity contribution in [2.75, 3.05) is 11.9 Å². The molecule has 5 heteroatoms. The number of phenols is 1. The Morgan fingerprint density at radius 2 is 2.22 bits per heavy atom. The van der Waals surface area contributed by atoms with Crippen molar-refractivity contribution in [1.82, 2.24) is 5.32 Å². The molecule has 0 spiro atoms. The highest BCUT2D eigenvalue weighted by atomic mass is 16.3. The molecule has 5 nitrogen and oxygen atoms in total. The Morgan fingerprint density at radius 1 is 1.44 bits per heavy atom. The quantitative estimate of drug-likeness (QED) is 0.552. The minimum absolute atomic E-state index is 0.113. The number of anilines is 1. The second-order valence-electron chi connectivity index (χ2n) is 3.90. The van der Waals surface area contributed by atoms with E-state index >= 15 is 0 Å². The van der Waals surface area contributed by atoms with E-state index in [1.54, 1.807) is 6.07 Å². The number of aromatic hydroxyl groups is 1. The largest absolute Gasteiger partial charge is 0.506 e. The lowest BCUT2D eigenvalue weighted by Crippen LogP contribution is -2.29. The average Bonchev–Trinajstić information content (AvgIpc) is 2.37. The van der Waals surface area contributed by atoms with Crippen LogP contribution in [0.15, 0.2) is 18.2 Å². The number of nitrogens with one attached hydrogen (secondary N) is 2. The Balaban J connectivity index is 2.57. The molecule has 0 aromatic heterocycles. The first-order chi connectivity index (χ1) is 8.69. The number of phenolic OH excluding ortho intramolecular Hbond substituents is 1. The highest BCUT2D eigenvalue weighted by Gasteiger charge is 2.10. The lowest BCUT2D eigenvalue weighted by molar-refractivity contribution is 0.251. The zero-order valence-corrected chi connectivity index (χ0v) is 10.4. The van der Waals surface area contributed by atoms with Crippen LogP contribution in [0, 0.1) is 11.3 Å². The molecule has 0 heterocycles. The van der Waals surface area contributed by atoms with Gasteiger partial charge in [0.15, 0.2) is 0 Å². The Morgan fingerprint density at radius 3 is 2.89 bits per heavy atom. The molecular weight excluding hydrogens is 230 g/mol. The highest BCUT2D eigenvalue weighted by Crippen LogP contribution is 2.26. The second-order valence-corrected chi connectivity index (χ2v) is 3.90. The van der Waals surface area contributed by atoms with E-state index in [9.17, 15) is 9.90 Å². The monoisotopic (exact) mass is 247 g/mol. The van der Waals surface area contributed by atoms with Gasteiger partial charge in [-0.15, -0.1) is 0 Å². The summed E-state index contributed by atoms with van der Waals surface area (Å²) >= 11 is 0. The van der Waals surface area contributed by atoms with Crippen LogP contribution in [0.3, 0.4) is 0 Å². The minimum Gasteiger partial charge on any atom is -0.506 e. The Bertz CT molecular complexity index is 452. The average molecular weight is 247 g/mol. The van der Waals surface area contributed by atoms with E-state index in [4.69, 9.17) is 5.26 Å². The molecule has 0 saturated carbocycles. The molecule has 1 aromatic carbocycles. The van der Waals surface area contributed by atoms with Gasteiger partial charge in [-0.2, -0.15) is 5.26 Å². The predicted molar refractivity (Wildman–Crippen MR) is 69.4 cm³/mol. The number of urea groups is 1. The van der Waals surface area contributed by atoms with Gasteiger partial charge in [-0.25, -0.2) is 4.79 Å². The number of para-hydroxylation sites is 1. The normalized spacial score (nSPS) is 9.56. The van der Waals surface area contributed by atoms with Crippen molar-refractivity contribution in [3.8, 4) is 11.8 Å². The lowest BCUT2D eigenvalue weighted by atomic mass is 10.2. The molecule has 0 atom stereocenters. The predicted octanol–water partition coefficient (Wildman–Crippen LogP) is 2.58. The van der Waals surface area contributed by atoms with Gasteiger partial charge >= 0.3 is 6.03 Å². The Kier molecular flexibility index (Phi) is 5.52. The van der Waals surface area contributed by atoms with Gasteiger partial charge < -0.3 is 15.7 Å². The maximum atomic E-state index is 11.6. The number of hydrogen-bond acceptors (Lipinski definition) is 3. The summed E-state index contributed by atoms with van der Waals surface area (Å²) in [6, 6.07) is 6.01. The fourth-order valence-electron chi connectivity index (χ4n) is 1.50. The van der Waals surface area contributed by atoms with Gasteiger partial charge in [0.05, 0.1) is 5.56 Å². The van der Waals surface area contributed by atoms with Crippen molar-refractivity contribution < 1.29 is 9.90 Å². The molecule has 1 aromatic rings. The number of nitriles is 1. The van der Waals surface area contributed by atoms with Crippen molar-refractivity contribution in [2.24, 2.45) is 0 Å². The number of carbonyl (C=O) groups is 1.